The van der Waals surface area contributed by atoms with Gasteiger partial charge in [0, 0.05) is 18.0 Å². The number of aryl methyl sites for hydroxylation is 1. The molecule has 3 unspecified atom stereocenters. The summed E-state index contributed by atoms with van der Waals surface area (Å²) in [7, 11) is -1.18. The van der Waals surface area contributed by atoms with Gasteiger partial charge in [-0.3, -0.25) is 9.00 Å². The second kappa shape index (κ2) is 7.56. The lowest BCUT2D eigenvalue weighted by Gasteiger charge is -2.34. The summed E-state index contributed by atoms with van der Waals surface area (Å²) < 4.78 is 18.3. The molecule has 1 aromatic carbocycles. The minimum atomic E-state index is -1.18. The fourth-order valence-corrected chi connectivity index (χ4v) is 4.80. The van der Waals surface area contributed by atoms with E-state index in [-0.39, 0.29) is 11.7 Å². The van der Waals surface area contributed by atoms with Gasteiger partial charge in [-0.15, -0.1) is 0 Å². The molecule has 0 saturated carbocycles. The van der Waals surface area contributed by atoms with E-state index in [2.05, 4.69) is 13.8 Å². The quantitative estimate of drug-likeness (QED) is 0.829. The topological polar surface area (TPSA) is 50.5 Å². The van der Waals surface area contributed by atoms with Gasteiger partial charge in [-0.2, -0.15) is 0 Å². The van der Waals surface area contributed by atoms with Gasteiger partial charge in [0.2, 0.25) is 0 Å². The third-order valence-corrected chi connectivity index (χ3v) is 6.14. The van der Waals surface area contributed by atoms with E-state index in [0.717, 1.165) is 30.0 Å². The van der Waals surface area contributed by atoms with Gasteiger partial charge in [0.05, 0.1) is 16.6 Å². The van der Waals surface area contributed by atoms with E-state index >= 15 is 0 Å². The van der Waals surface area contributed by atoms with Gasteiger partial charge in [0.1, 0.15) is 5.76 Å². The number of furan rings is 1. The summed E-state index contributed by atoms with van der Waals surface area (Å²) in [5, 5.41) is 0. The van der Waals surface area contributed by atoms with Crippen LogP contribution in [0.1, 0.15) is 42.1 Å². The van der Waals surface area contributed by atoms with Gasteiger partial charge < -0.3 is 9.32 Å². The van der Waals surface area contributed by atoms with Crippen molar-refractivity contribution in [2.75, 3.05) is 13.1 Å². The van der Waals surface area contributed by atoms with E-state index in [0.29, 0.717) is 23.4 Å². The van der Waals surface area contributed by atoms with Crippen LogP contribution in [0.2, 0.25) is 0 Å². The summed E-state index contributed by atoms with van der Waals surface area (Å²) in [4.78, 5) is 15.4. The van der Waals surface area contributed by atoms with Crippen LogP contribution in [0, 0.1) is 18.8 Å². The molecule has 2 heterocycles. The fraction of sp³-hybridized carbons (Fsp3) is 0.450. The molecule has 0 aliphatic carbocycles. The Labute approximate surface area is 151 Å². The lowest BCUT2D eigenvalue weighted by atomic mass is 9.92. The van der Waals surface area contributed by atoms with Crippen LogP contribution in [0.5, 0.6) is 0 Å². The highest BCUT2D eigenvalue weighted by molar-refractivity contribution is 7.84. The Hall–Kier alpha value is -1.88. The predicted molar refractivity (Wildman–Crippen MR) is 98.8 cm³/mol. The summed E-state index contributed by atoms with van der Waals surface area (Å²) in [6, 6.07) is 11.1. The fourth-order valence-electron chi connectivity index (χ4n) is 3.57. The summed E-state index contributed by atoms with van der Waals surface area (Å²) in [6.07, 6.45) is 1.16. The third-order valence-electron chi connectivity index (χ3n) is 4.64. The number of amides is 1. The summed E-state index contributed by atoms with van der Waals surface area (Å²) in [5.74, 6) is 2.17. The molecule has 5 heteroatoms. The maximum Gasteiger partial charge on any atom is 0.289 e. The molecule has 0 radical (unpaired) electrons. The van der Waals surface area contributed by atoms with E-state index in [4.69, 9.17) is 4.42 Å². The Morgan fingerprint density at radius 2 is 1.84 bits per heavy atom. The lowest BCUT2D eigenvalue weighted by molar-refractivity contribution is 0.0590. The Bertz CT molecular complexity index is 773. The van der Waals surface area contributed by atoms with Gasteiger partial charge in [0.25, 0.3) is 5.91 Å². The number of hydrogen-bond donors (Lipinski definition) is 0. The van der Waals surface area contributed by atoms with Crippen molar-refractivity contribution >= 4 is 16.7 Å². The maximum atomic E-state index is 12.7. The second-order valence-corrected chi connectivity index (χ2v) is 8.60. The molecule has 0 N–H and O–H groups in total. The SMILES string of the molecule is Cc1ccccc1S(=O)Cc1ccc(C(=O)N2CC(C)CC(C)C2)o1. The third kappa shape index (κ3) is 4.21. The van der Waals surface area contributed by atoms with Crippen LogP contribution in [-0.2, 0) is 16.6 Å². The first-order valence-corrected chi connectivity index (χ1v) is 10.1. The molecule has 4 nitrogen and oxygen atoms in total. The number of carbonyl (C=O) groups is 1. The highest BCUT2D eigenvalue weighted by Crippen LogP contribution is 2.24. The molecule has 1 aliphatic rings. The maximum absolute atomic E-state index is 12.7. The van der Waals surface area contributed by atoms with Crippen molar-refractivity contribution in [3.05, 3.63) is 53.5 Å². The Balaban J connectivity index is 1.69. The van der Waals surface area contributed by atoms with E-state index in [9.17, 15) is 9.00 Å². The number of rotatable bonds is 4. The summed E-state index contributed by atoms with van der Waals surface area (Å²) >= 11 is 0. The van der Waals surface area contributed by atoms with E-state index in [1.807, 2.05) is 36.1 Å². The molecule has 1 amide bonds. The molecule has 1 fully saturated rings. The van der Waals surface area contributed by atoms with Crippen molar-refractivity contribution in [3.63, 3.8) is 0 Å². The highest BCUT2D eigenvalue weighted by atomic mass is 32.2. The zero-order chi connectivity index (χ0) is 18.0. The van der Waals surface area contributed by atoms with Gasteiger partial charge in [-0.1, -0.05) is 32.0 Å². The zero-order valence-electron chi connectivity index (χ0n) is 15.0. The Morgan fingerprint density at radius 3 is 2.52 bits per heavy atom. The summed E-state index contributed by atoms with van der Waals surface area (Å²) in [6.45, 7) is 7.84. The minimum Gasteiger partial charge on any atom is -0.455 e. The van der Waals surface area contributed by atoms with Crippen LogP contribution in [0.4, 0.5) is 0 Å². The second-order valence-electron chi connectivity index (χ2n) is 7.18. The molecule has 1 aliphatic heterocycles. The number of carbonyl (C=O) groups excluding carboxylic acids is 1. The average molecular weight is 359 g/mol. The van der Waals surface area contributed by atoms with Gasteiger partial charge in [-0.05, 0) is 48.9 Å². The van der Waals surface area contributed by atoms with Crippen molar-refractivity contribution in [2.45, 2.75) is 37.8 Å². The number of piperidine rings is 1. The van der Waals surface area contributed by atoms with Crippen LogP contribution in [-0.4, -0.2) is 28.1 Å². The molecule has 2 aromatic rings. The van der Waals surface area contributed by atoms with Crippen molar-refractivity contribution in [3.8, 4) is 0 Å². The van der Waals surface area contributed by atoms with Crippen molar-refractivity contribution < 1.29 is 13.4 Å². The smallest absolute Gasteiger partial charge is 0.289 e. The van der Waals surface area contributed by atoms with E-state index in [1.54, 1.807) is 12.1 Å². The average Bonchev–Trinajstić information content (AvgIpc) is 3.02. The standard InChI is InChI=1S/C20H25NO3S/c1-14-10-15(2)12-21(11-14)20(22)18-9-8-17(24-18)13-25(23)19-7-5-4-6-16(19)3/h4-9,14-15H,10-13H2,1-3H3. The first-order chi connectivity index (χ1) is 11.9. The van der Waals surface area contributed by atoms with Crippen LogP contribution in [0.3, 0.4) is 0 Å². The van der Waals surface area contributed by atoms with Crippen molar-refractivity contribution in [2.24, 2.45) is 11.8 Å². The minimum absolute atomic E-state index is 0.0636. The van der Waals surface area contributed by atoms with Crippen molar-refractivity contribution in [1.82, 2.24) is 4.90 Å². The number of hydrogen-bond acceptors (Lipinski definition) is 3. The molecule has 0 bridgehead atoms. The normalized spacial score (nSPS) is 22.0. The zero-order valence-corrected chi connectivity index (χ0v) is 15.8. The molecule has 1 saturated heterocycles. The monoisotopic (exact) mass is 359 g/mol. The molecular formula is C20H25NO3S. The Morgan fingerprint density at radius 1 is 1.16 bits per heavy atom. The van der Waals surface area contributed by atoms with Crippen LogP contribution < -0.4 is 0 Å². The van der Waals surface area contributed by atoms with Gasteiger partial charge >= 0.3 is 0 Å². The first kappa shape index (κ1) is 17.9. The largest absolute Gasteiger partial charge is 0.455 e. The number of likely N-dealkylation sites (tertiary alicyclic amines) is 1. The highest BCUT2D eigenvalue weighted by Gasteiger charge is 2.27. The van der Waals surface area contributed by atoms with Crippen LogP contribution >= 0.6 is 0 Å². The van der Waals surface area contributed by atoms with E-state index < -0.39 is 10.8 Å². The first-order valence-electron chi connectivity index (χ1n) is 8.76. The molecule has 3 rings (SSSR count). The lowest BCUT2D eigenvalue weighted by Crippen LogP contribution is -2.42. The molecule has 1 aromatic heterocycles. The van der Waals surface area contributed by atoms with Crippen molar-refractivity contribution in [1.29, 1.82) is 0 Å². The number of nitrogens with zero attached hydrogens (tertiary/aromatic N) is 1. The number of benzene rings is 1. The van der Waals surface area contributed by atoms with Gasteiger partial charge in [0.15, 0.2) is 5.76 Å². The van der Waals surface area contributed by atoms with Crippen LogP contribution in [0.15, 0.2) is 45.7 Å². The summed E-state index contributed by atoms with van der Waals surface area (Å²) in [5.41, 5.74) is 1.000. The van der Waals surface area contributed by atoms with E-state index in [1.165, 1.54) is 0 Å². The van der Waals surface area contributed by atoms with Gasteiger partial charge in [-0.25, -0.2) is 0 Å². The Kier molecular flexibility index (Phi) is 5.42. The molecular weight excluding hydrogens is 334 g/mol. The molecule has 3 atom stereocenters. The predicted octanol–water partition coefficient (Wildman–Crippen LogP) is 4.01. The van der Waals surface area contributed by atoms with Crippen LogP contribution in [0.25, 0.3) is 0 Å². The molecule has 0 spiro atoms. The molecule has 134 valence electrons. The molecule has 25 heavy (non-hydrogen) atoms.